The number of rotatable bonds is 1. The minimum absolute atomic E-state index is 0.00186. The second kappa shape index (κ2) is 4.26. The van der Waals surface area contributed by atoms with E-state index in [1.165, 1.54) is 0 Å². The highest BCUT2D eigenvalue weighted by Crippen LogP contribution is 2.40. The summed E-state index contributed by atoms with van der Waals surface area (Å²) in [4.78, 5) is 20.0. The molecule has 24 heavy (non-hydrogen) atoms. The molecule has 5 heteroatoms. The van der Waals surface area contributed by atoms with Crippen molar-refractivity contribution in [2.24, 2.45) is 0 Å². The van der Waals surface area contributed by atoms with Crippen LogP contribution in [-0.4, -0.2) is 15.9 Å². The lowest BCUT2D eigenvalue weighted by Crippen LogP contribution is -2.26. The highest BCUT2D eigenvalue weighted by atomic mass is 16.3. The molecule has 3 heterocycles. The van der Waals surface area contributed by atoms with Gasteiger partial charge in [0.2, 0.25) is 11.8 Å². The highest BCUT2D eigenvalue weighted by molar-refractivity contribution is 6.07. The standard InChI is InChI=1S/C19H15N3O2/c1-19(2)12-7-15-16(8-14(12)22-18(19)23)24-17(21-15)11-9-20-13-6-4-3-5-10(11)13/h3-9,20H,1-2H3,(H,22,23). The van der Waals surface area contributed by atoms with Crippen LogP contribution in [-0.2, 0) is 10.2 Å². The Morgan fingerprint density at radius 1 is 1.17 bits per heavy atom. The van der Waals surface area contributed by atoms with E-state index in [9.17, 15) is 4.79 Å². The van der Waals surface area contributed by atoms with Crippen LogP contribution in [0.1, 0.15) is 19.4 Å². The molecule has 0 fully saturated rings. The number of carbonyl (C=O) groups is 1. The third kappa shape index (κ3) is 1.64. The van der Waals surface area contributed by atoms with Crippen molar-refractivity contribution in [3.05, 3.63) is 48.2 Å². The number of aromatic amines is 1. The lowest BCUT2D eigenvalue weighted by atomic mass is 9.86. The van der Waals surface area contributed by atoms with Crippen LogP contribution in [0.2, 0.25) is 0 Å². The van der Waals surface area contributed by atoms with Gasteiger partial charge in [0.25, 0.3) is 0 Å². The number of carbonyl (C=O) groups excluding carboxylic acids is 1. The maximum Gasteiger partial charge on any atom is 0.234 e. The van der Waals surface area contributed by atoms with Crippen molar-refractivity contribution in [2.45, 2.75) is 19.3 Å². The van der Waals surface area contributed by atoms with E-state index in [0.29, 0.717) is 11.5 Å². The number of nitrogens with zero attached hydrogens (tertiary/aromatic N) is 1. The van der Waals surface area contributed by atoms with Crippen molar-refractivity contribution in [3.63, 3.8) is 0 Å². The summed E-state index contributed by atoms with van der Waals surface area (Å²) in [5, 5.41) is 3.99. The van der Waals surface area contributed by atoms with Crippen LogP contribution >= 0.6 is 0 Å². The summed E-state index contributed by atoms with van der Waals surface area (Å²) in [7, 11) is 0. The Balaban J connectivity index is 1.72. The van der Waals surface area contributed by atoms with E-state index in [4.69, 9.17) is 4.42 Å². The van der Waals surface area contributed by atoms with Crippen LogP contribution in [0.3, 0.4) is 0 Å². The molecule has 118 valence electrons. The molecule has 1 aliphatic heterocycles. The smallest absolute Gasteiger partial charge is 0.234 e. The first-order valence-electron chi connectivity index (χ1n) is 7.87. The summed E-state index contributed by atoms with van der Waals surface area (Å²) < 4.78 is 5.97. The first-order chi connectivity index (χ1) is 11.5. The van der Waals surface area contributed by atoms with E-state index >= 15 is 0 Å². The number of fused-ring (bicyclic) bond motifs is 3. The topological polar surface area (TPSA) is 70.9 Å². The average molecular weight is 317 g/mol. The van der Waals surface area contributed by atoms with Gasteiger partial charge in [0.05, 0.1) is 11.0 Å². The van der Waals surface area contributed by atoms with Crippen molar-refractivity contribution < 1.29 is 9.21 Å². The molecule has 0 radical (unpaired) electrons. The number of benzene rings is 2. The summed E-state index contributed by atoms with van der Waals surface area (Å²) in [6.07, 6.45) is 1.91. The van der Waals surface area contributed by atoms with Crippen molar-refractivity contribution in [1.29, 1.82) is 0 Å². The molecule has 0 aliphatic carbocycles. The van der Waals surface area contributed by atoms with Gasteiger partial charge in [0.15, 0.2) is 5.58 Å². The zero-order valence-electron chi connectivity index (χ0n) is 13.3. The predicted octanol–water partition coefficient (Wildman–Crippen LogP) is 4.21. The monoisotopic (exact) mass is 317 g/mol. The Bertz CT molecular complexity index is 1130. The quantitative estimate of drug-likeness (QED) is 0.552. The predicted molar refractivity (Wildman–Crippen MR) is 93.0 cm³/mol. The molecule has 0 spiro atoms. The third-order valence-corrected chi connectivity index (χ3v) is 4.84. The number of oxazole rings is 1. The highest BCUT2D eigenvalue weighted by Gasteiger charge is 2.39. The number of amides is 1. The number of H-pyrrole nitrogens is 1. The fourth-order valence-electron chi connectivity index (χ4n) is 3.36. The van der Waals surface area contributed by atoms with Crippen LogP contribution < -0.4 is 5.32 Å². The Labute approximate surface area is 137 Å². The Hall–Kier alpha value is -3.08. The van der Waals surface area contributed by atoms with Gasteiger partial charge in [-0.25, -0.2) is 4.98 Å². The molecule has 4 aromatic rings. The molecule has 2 aromatic carbocycles. The van der Waals surface area contributed by atoms with Crippen molar-refractivity contribution in [2.75, 3.05) is 5.32 Å². The normalized spacial score (nSPS) is 15.8. The van der Waals surface area contributed by atoms with Gasteiger partial charge in [-0.05, 0) is 31.5 Å². The lowest BCUT2D eigenvalue weighted by molar-refractivity contribution is -0.119. The van der Waals surface area contributed by atoms with Crippen molar-refractivity contribution >= 4 is 33.6 Å². The molecule has 2 aromatic heterocycles. The second-order valence-corrected chi connectivity index (χ2v) is 6.71. The number of nitrogens with one attached hydrogen (secondary N) is 2. The van der Waals surface area contributed by atoms with Crippen LogP contribution in [0, 0.1) is 0 Å². The van der Waals surface area contributed by atoms with Gasteiger partial charge in [-0.1, -0.05) is 18.2 Å². The zero-order valence-corrected chi connectivity index (χ0v) is 13.3. The maximum absolute atomic E-state index is 12.1. The van der Waals surface area contributed by atoms with E-state index in [2.05, 4.69) is 15.3 Å². The number of anilines is 1. The van der Waals surface area contributed by atoms with Gasteiger partial charge in [-0.15, -0.1) is 0 Å². The number of hydrogen-bond donors (Lipinski definition) is 2. The number of hydrogen-bond acceptors (Lipinski definition) is 3. The summed E-state index contributed by atoms with van der Waals surface area (Å²) in [6.45, 7) is 3.83. The first kappa shape index (κ1) is 13.4. The summed E-state index contributed by atoms with van der Waals surface area (Å²) in [5.41, 5.74) is 4.63. The molecule has 1 amide bonds. The van der Waals surface area contributed by atoms with Crippen LogP contribution in [0.25, 0.3) is 33.5 Å². The fraction of sp³-hybridized carbons (Fsp3) is 0.158. The molecular weight excluding hydrogens is 302 g/mol. The Morgan fingerprint density at radius 3 is 2.88 bits per heavy atom. The van der Waals surface area contributed by atoms with Gasteiger partial charge in [-0.2, -0.15) is 0 Å². The lowest BCUT2D eigenvalue weighted by Gasteiger charge is -2.14. The summed E-state index contributed by atoms with van der Waals surface area (Å²) >= 11 is 0. The number of para-hydroxylation sites is 1. The number of aromatic nitrogens is 2. The van der Waals surface area contributed by atoms with E-state index in [-0.39, 0.29) is 5.91 Å². The van der Waals surface area contributed by atoms with E-state index in [0.717, 1.165) is 33.2 Å². The van der Waals surface area contributed by atoms with E-state index in [1.807, 2.05) is 56.4 Å². The molecule has 5 nitrogen and oxygen atoms in total. The summed E-state index contributed by atoms with van der Waals surface area (Å²) in [5.74, 6) is 0.581. The van der Waals surface area contributed by atoms with Gasteiger partial charge in [0, 0.05) is 28.9 Å². The fourth-order valence-corrected chi connectivity index (χ4v) is 3.36. The maximum atomic E-state index is 12.1. The zero-order chi connectivity index (χ0) is 16.5. The van der Waals surface area contributed by atoms with E-state index < -0.39 is 5.41 Å². The SMILES string of the molecule is CC1(C)C(=O)Nc2cc3oc(-c4c[nH]c5ccccc45)nc3cc21. The van der Waals surface area contributed by atoms with Gasteiger partial charge >= 0.3 is 0 Å². The van der Waals surface area contributed by atoms with Gasteiger partial charge in [0.1, 0.15) is 5.52 Å². The molecule has 2 N–H and O–H groups in total. The largest absolute Gasteiger partial charge is 0.436 e. The second-order valence-electron chi connectivity index (χ2n) is 6.71. The molecule has 0 saturated heterocycles. The molecule has 0 saturated carbocycles. The average Bonchev–Trinajstić information content (AvgIpc) is 3.21. The minimum atomic E-state index is -0.552. The molecule has 0 unspecified atom stereocenters. The van der Waals surface area contributed by atoms with Crippen LogP contribution in [0.4, 0.5) is 5.69 Å². The molecule has 0 atom stereocenters. The Kier molecular flexibility index (Phi) is 2.37. The third-order valence-electron chi connectivity index (χ3n) is 4.84. The molecular formula is C19H15N3O2. The van der Waals surface area contributed by atoms with Crippen molar-refractivity contribution in [1.82, 2.24) is 9.97 Å². The van der Waals surface area contributed by atoms with Crippen LogP contribution in [0.15, 0.2) is 47.0 Å². The molecule has 0 bridgehead atoms. The molecule has 1 aliphatic rings. The molecule has 5 rings (SSSR count). The summed E-state index contributed by atoms with van der Waals surface area (Å²) in [6, 6.07) is 11.9. The minimum Gasteiger partial charge on any atom is -0.436 e. The first-order valence-corrected chi connectivity index (χ1v) is 7.87. The van der Waals surface area contributed by atoms with E-state index in [1.54, 1.807) is 0 Å². The Morgan fingerprint density at radius 2 is 2.00 bits per heavy atom. The van der Waals surface area contributed by atoms with Crippen molar-refractivity contribution in [3.8, 4) is 11.5 Å². The van der Waals surface area contributed by atoms with Gasteiger partial charge < -0.3 is 14.7 Å². The van der Waals surface area contributed by atoms with Gasteiger partial charge in [-0.3, -0.25) is 4.79 Å². The van der Waals surface area contributed by atoms with Crippen LogP contribution in [0.5, 0.6) is 0 Å².